The SMILES string of the molecule is NNc1cc(C2CC2)nc(C2CN3CCCC3CO2)n1. The molecule has 2 atom stereocenters. The molecule has 2 aliphatic heterocycles. The molecule has 2 saturated heterocycles. The zero-order chi connectivity index (χ0) is 13.5. The standard InChI is InChI=1S/C14H21N5O/c15-18-13-6-11(9-3-4-9)16-14(17-13)12-7-19-5-1-2-10(19)8-20-12/h6,9-10,12H,1-5,7-8,15H2,(H,16,17,18). The average molecular weight is 275 g/mol. The summed E-state index contributed by atoms with van der Waals surface area (Å²) in [5, 5.41) is 0. The third-order valence-electron chi connectivity index (χ3n) is 4.58. The number of hydrazine groups is 1. The van der Waals surface area contributed by atoms with Crippen molar-refractivity contribution in [2.75, 3.05) is 25.1 Å². The van der Waals surface area contributed by atoms with E-state index < -0.39 is 0 Å². The highest BCUT2D eigenvalue weighted by Gasteiger charge is 2.35. The van der Waals surface area contributed by atoms with E-state index in [0.717, 1.165) is 24.7 Å². The van der Waals surface area contributed by atoms with Crippen LogP contribution in [-0.4, -0.2) is 40.6 Å². The van der Waals surface area contributed by atoms with Crippen molar-refractivity contribution in [1.29, 1.82) is 0 Å². The van der Waals surface area contributed by atoms with Crippen LogP contribution in [0.1, 0.15) is 49.2 Å². The lowest BCUT2D eigenvalue weighted by Crippen LogP contribution is -2.43. The molecule has 20 heavy (non-hydrogen) atoms. The van der Waals surface area contributed by atoms with Crippen LogP contribution in [0.25, 0.3) is 0 Å². The number of hydrogen-bond donors (Lipinski definition) is 2. The van der Waals surface area contributed by atoms with Crippen LogP contribution >= 0.6 is 0 Å². The van der Waals surface area contributed by atoms with Gasteiger partial charge in [0.05, 0.1) is 6.61 Å². The van der Waals surface area contributed by atoms with E-state index in [1.807, 2.05) is 6.07 Å². The predicted molar refractivity (Wildman–Crippen MR) is 75.1 cm³/mol. The molecule has 3 N–H and O–H groups in total. The summed E-state index contributed by atoms with van der Waals surface area (Å²) in [5.74, 6) is 7.60. The van der Waals surface area contributed by atoms with Gasteiger partial charge in [0.1, 0.15) is 11.9 Å². The molecule has 2 unspecified atom stereocenters. The van der Waals surface area contributed by atoms with Gasteiger partial charge in [0.2, 0.25) is 0 Å². The lowest BCUT2D eigenvalue weighted by Gasteiger charge is -2.34. The van der Waals surface area contributed by atoms with E-state index in [2.05, 4.69) is 15.3 Å². The van der Waals surface area contributed by atoms with Gasteiger partial charge in [-0.05, 0) is 32.2 Å². The minimum atomic E-state index is -0.0184. The first-order valence-corrected chi connectivity index (χ1v) is 7.54. The Balaban J connectivity index is 1.59. The largest absolute Gasteiger partial charge is 0.367 e. The minimum Gasteiger partial charge on any atom is -0.367 e. The number of fused-ring (bicyclic) bond motifs is 1. The molecule has 0 aromatic carbocycles. The quantitative estimate of drug-likeness (QED) is 0.637. The van der Waals surface area contributed by atoms with Crippen molar-refractivity contribution in [3.05, 3.63) is 17.6 Å². The van der Waals surface area contributed by atoms with Crippen LogP contribution in [0, 0.1) is 0 Å². The molecule has 0 amide bonds. The summed E-state index contributed by atoms with van der Waals surface area (Å²) in [7, 11) is 0. The van der Waals surface area contributed by atoms with Crippen molar-refractivity contribution in [3.8, 4) is 0 Å². The molecule has 0 radical (unpaired) electrons. The number of rotatable bonds is 3. The molecule has 0 spiro atoms. The second-order valence-electron chi connectivity index (χ2n) is 6.07. The van der Waals surface area contributed by atoms with Crippen molar-refractivity contribution in [1.82, 2.24) is 14.9 Å². The maximum absolute atomic E-state index is 6.00. The Morgan fingerprint density at radius 1 is 1.30 bits per heavy atom. The number of nitrogens with zero attached hydrogens (tertiary/aromatic N) is 3. The average Bonchev–Trinajstić information content (AvgIpc) is 3.24. The van der Waals surface area contributed by atoms with Crippen molar-refractivity contribution >= 4 is 5.82 Å². The summed E-state index contributed by atoms with van der Waals surface area (Å²) in [6.07, 6.45) is 4.96. The molecule has 3 heterocycles. The van der Waals surface area contributed by atoms with E-state index in [0.29, 0.717) is 17.8 Å². The number of nitrogens with one attached hydrogen (secondary N) is 1. The number of hydrogen-bond acceptors (Lipinski definition) is 6. The molecule has 1 aromatic heterocycles. The number of nitrogen functional groups attached to an aromatic ring is 1. The van der Waals surface area contributed by atoms with Crippen LogP contribution in [0.5, 0.6) is 0 Å². The van der Waals surface area contributed by atoms with Crippen LogP contribution in [0.4, 0.5) is 5.82 Å². The van der Waals surface area contributed by atoms with Gasteiger partial charge in [0.25, 0.3) is 0 Å². The number of morpholine rings is 1. The third-order valence-corrected chi connectivity index (χ3v) is 4.58. The Kier molecular flexibility index (Phi) is 3.09. The van der Waals surface area contributed by atoms with Crippen molar-refractivity contribution < 1.29 is 4.74 Å². The lowest BCUT2D eigenvalue weighted by molar-refractivity contribution is -0.0541. The van der Waals surface area contributed by atoms with Crippen LogP contribution in [0.2, 0.25) is 0 Å². The van der Waals surface area contributed by atoms with E-state index in [1.165, 1.54) is 32.2 Å². The fourth-order valence-electron chi connectivity index (χ4n) is 3.26. The highest BCUT2D eigenvalue weighted by Crippen LogP contribution is 2.40. The predicted octanol–water partition coefficient (Wildman–Crippen LogP) is 1.18. The molecule has 3 aliphatic rings. The maximum atomic E-state index is 6.00. The van der Waals surface area contributed by atoms with Crippen LogP contribution in [-0.2, 0) is 4.74 Å². The molecule has 1 aromatic rings. The van der Waals surface area contributed by atoms with Gasteiger partial charge < -0.3 is 10.2 Å². The van der Waals surface area contributed by atoms with E-state index >= 15 is 0 Å². The van der Waals surface area contributed by atoms with Crippen LogP contribution in [0.3, 0.4) is 0 Å². The first-order valence-electron chi connectivity index (χ1n) is 7.54. The third kappa shape index (κ3) is 2.28. The maximum Gasteiger partial charge on any atom is 0.161 e. The van der Waals surface area contributed by atoms with Gasteiger partial charge in [-0.3, -0.25) is 4.90 Å². The molecule has 1 aliphatic carbocycles. The van der Waals surface area contributed by atoms with Gasteiger partial charge in [-0.1, -0.05) is 0 Å². The summed E-state index contributed by atoms with van der Waals surface area (Å²) in [4.78, 5) is 11.7. The minimum absolute atomic E-state index is 0.0184. The number of anilines is 1. The Labute approximate surface area is 118 Å². The van der Waals surface area contributed by atoms with Gasteiger partial charge in [0, 0.05) is 30.3 Å². The van der Waals surface area contributed by atoms with Gasteiger partial charge in [-0.2, -0.15) is 0 Å². The molecule has 0 bridgehead atoms. The van der Waals surface area contributed by atoms with Gasteiger partial charge in [-0.15, -0.1) is 0 Å². The van der Waals surface area contributed by atoms with E-state index in [1.54, 1.807) is 0 Å². The molecule has 108 valence electrons. The number of ether oxygens (including phenoxy) is 1. The topological polar surface area (TPSA) is 76.3 Å². The Bertz CT molecular complexity index is 504. The molecule has 3 fully saturated rings. The zero-order valence-corrected chi connectivity index (χ0v) is 11.6. The fourth-order valence-corrected chi connectivity index (χ4v) is 3.26. The number of nitrogens with two attached hydrogens (primary N) is 1. The summed E-state index contributed by atoms with van der Waals surface area (Å²) in [5.41, 5.74) is 3.76. The van der Waals surface area contributed by atoms with Crippen LogP contribution < -0.4 is 11.3 Å². The van der Waals surface area contributed by atoms with Gasteiger partial charge >= 0.3 is 0 Å². The molecule has 6 heteroatoms. The normalized spacial score (nSPS) is 30.2. The molecule has 1 saturated carbocycles. The second-order valence-corrected chi connectivity index (χ2v) is 6.07. The first-order chi connectivity index (χ1) is 9.83. The molecule has 6 nitrogen and oxygen atoms in total. The van der Waals surface area contributed by atoms with Crippen molar-refractivity contribution in [3.63, 3.8) is 0 Å². The van der Waals surface area contributed by atoms with Crippen LogP contribution in [0.15, 0.2) is 6.07 Å². The monoisotopic (exact) mass is 275 g/mol. The summed E-state index contributed by atoms with van der Waals surface area (Å²) >= 11 is 0. The number of aromatic nitrogens is 2. The van der Waals surface area contributed by atoms with E-state index in [4.69, 9.17) is 15.6 Å². The molecular formula is C14H21N5O. The molecule has 4 rings (SSSR count). The fraction of sp³-hybridized carbons (Fsp3) is 0.714. The second kappa shape index (κ2) is 4.95. The first kappa shape index (κ1) is 12.5. The summed E-state index contributed by atoms with van der Waals surface area (Å²) in [6, 6.07) is 2.56. The van der Waals surface area contributed by atoms with Crippen molar-refractivity contribution in [2.24, 2.45) is 5.84 Å². The molecular weight excluding hydrogens is 254 g/mol. The van der Waals surface area contributed by atoms with E-state index in [9.17, 15) is 0 Å². The van der Waals surface area contributed by atoms with Crippen molar-refractivity contribution in [2.45, 2.75) is 43.7 Å². The van der Waals surface area contributed by atoms with Gasteiger partial charge in [-0.25, -0.2) is 15.8 Å². The van der Waals surface area contributed by atoms with E-state index in [-0.39, 0.29) is 6.10 Å². The zero-order valence-electron chi connectivity index (χ0n) is 11.6. The summed E-state index contributed by atoms with van der Waals surface area (Å²) in [6.45, 7) is 2.88. The Morgan fingerprint density at radius 3 is 3.00 bits per heavy atom. The Hall–Kier alpha value is -1.24. The smallest absolute Gasteiger partial charge is 0.161 e. The summed E-state index contributed by atoms with van der Waals surface area (Å²) < 4.78 is 6.00. The highest BCUT2D eigenvalue weighted by atomic mass is 16.5. The lowest BCUT2D eigenvalue weighted by atomic mass is 10.1. The Morgan fingerprint density at radius 2 is 2.20 bits per heavy atom. The highest BCUT2D eigenvalue weighted by molar-refractivity contribution is 5.37. The van der Waals surface area contributed by atoms with Gasteiger partial charge in [0.15, 0.2) is 5.82 Å².